The molecule has 1 saturated carbocycles. The molecule has 1 unspecified atom stereocenters. The Morgan fingerprint density at radius 2 is 1.59 bits per heavy atom. The van der Waals surface area contributed by atoms with Crippen LogP contribution in [-0.2, 0) is 20.5 Å². The topological polar surface area (TPSA) is 52.6 Å². The van der Waals surface area contributed by atoms with Crippen molar-refractivity contribution in [2.45, 2.75) is 57.2 Å². The number of ether oxygens (including phenoxy) is 1. The first-order chi connectivity index (χ1) is 14.6. The van der Waals surface area contributed by atoms with Gasteiger partial charge in [-0.15, -0.1) is 0 Å². The van der Waals surface area contributed by atoms with E-state index in [4.69, 9.17) is 8.92 Å². The predicted molar refractivity (Wildman–Crippen MR) is 106 cm³/mol. The van der Waals surface area contributed by atoms with Gasteiger partial charge in [0, 0.05) is 0 Å². The third-order valence-corrected chi connectivity index (χ3v) is 6.15. The summed E-state index contributed by atoms with van der Waals surface area (Å²) in [6.07, 6.45) is -10.2. The fourth-order valence-corrected chi connectivity index (χ4v) is 4.61. The van der Waals surface area contributed by atoms with Crippen molar-refractivity contribution in [1.82, 2.24) is 0 Å². The van der Waals surface area contributed by atoms with E-state index in [1.165, 1.54) is 31.2 Å². The first kappa shape index (κ1) is 24.6. The van der Waals surface area contributed by atoms with Crippen LogP contribution in [0.15, 0.2) is 30.3 Å². The zero-order valence-electron chi connectivity index (χ0n) is 17.3. The molecule has 1 aliphatic carbocycles. The molecule has 11 heteroatoms. The molecule has 1 atom stereocenters. The molecule has 2 aromatic carbocycles. The van der Waals surface area contributed by atoms with Crippen molar-refractivity contribution in [1.29, 1.82) is 0 Å². The normalized spacial score (nSPS) is 21.5. The minimum atomic E-state index is -4.77. The van der Waals surface area contributed by atoms with Crippen LogP contribution in [0.25, 0.3) is 10.8 Å². The number of fused-ring (bicyclic) bond motifs is 1. The molecule has 2 aromatic rings. The molecule has 0 N–H and O–H groups in total. The fraction of sp³-hybridized carbons (Fsp3) is 0.524. The van der Waals surface area contributed by atoms with Crippen molar-refractivity contribution in [2.75, 3.05) is 6.26 Å². The maximum Gasteiger partial charge on any atom is 0.420 e. The highest BCUT2D eigenvalue weighted by Gasteiger charge is 2.42. The van der Waals surface area contributed by atoms with Gasteiger partial charge in [0.1, 0.15) is 11.3 Å². The van der Waals surface area contributed by atoms with E-state index in [2.05, 4.69) is 0 Å². The lowest BCUT2D eigenvalue weighted by molar-refractivity contribution is -0.185. The molecule has 0 saturated heterocycles. The Balaban J connectivity index is 1.90. The summed E-state index contributed by atoms with van der Waals surface area (Å²) >= 11 is 0. The van der Waals surface area contributed by atoms with Crippen LogP contribution in [-0.4, -0.2) is 27.0 Å². The average Bonchev–Trinajstić information content (AvgIpc) is 2.64. The maximum atomic E-state index is 13.9. The molecular weight excluding hydrogens is 462 g/mol. The number of alkyl halides is 6. The van der Waals surface area contributed by atoms with Crippen LogP contribution in [0, 0.1) is 5.92 Å². The number of rotatable bonds is 5. The molecule has 0 heterocycles. The van der Waals surface area contributed by atoms with Crippen LogP contribution < -0.4 is 4.74 Å². The number of benzene rings is 2. The van der Waals surface area contributed by atoms with Gasteiger partial charge >= 0.3 is 12.4 Å². The molecule has 3 rings (SSSR count). The second-order valence-corrected chi connectivity index (χ2v) is 9.59. The van der Waals surface area contributed by atoms with Crippen molar-refractivity contribution >= 4 is 20.9 Å². The Morgan fingerprint density at radius 3 is 2.12 bits per heavy atom. The van der Waals surface area contributed by atoms with Crippen LogP contribution >= 0.6 is 0 Å². The standard InChI is InChI=1S/C21H22F6O4S/c1-12(31-32(2,28)29)13-3-9-17-14(11-13)4-10-18(19(17)21(25,26)27)30-16-7-5-15(6-8-16)20(22,23)24/h3-4,9-12,15-16H,5-8H2,1-2H3/t12?,15-,16+. The summed E-state index contributed by atoms with van der Waals surface area (Å²) in [7, 11) is -3.76. The smallest absolute Gasteiger partial charge is 0.420 e. The van der Waals surface area contributed by atoms with Crippen molar-refractivity contribution in [3.8, 4) is 5.75 Å². The largest absolute Gasteiger partial charge is 0.490 e. The van der Waals surface area contributed by atoms with Gasteiger partial charge in [0.25, 0.3) is 10.1 Å². The third kappa shape index (κ3) is 5.86. The minimum absolute atomic E-state index is 0.0127. The molecule has 32 heavy (non-hydrogen) atoms. The van der Waals surface area contributed by atoms with Gasteiger partial charge in [-0.25, -0.2) is 0 Å². The molecule has 4 nitrogen and oxygen atoms in total. The van der Waals surface area contributed by atoms with E-state index in [0.717, 1.165) is 12.3 Å². The number of hydrogen-bond acceptors (Lipinski definition) is 4. The third-order valence-electron chi connectivity index (χ3n) is 5.51. The predicted octanol–water partition coefficient (Wildman–Crippen LogP) is 6.40. The van der Waals surface area contributed by atoms with E-state index in [1.54, 1.807) is 0 Å². The summed E-state index contributed by atoms with van der Waals surface area (Å²) in [6, 6.07) is 6.50. The molecule has 178 valence electrons. The van der Waals surface area contributed by atoms with Gasteiger partial charge in [0.05, 0.1) is 24.4 Å². The summed E-state index contributed by atoms with van der Waals surface area (Å²) in [6.45, 7) is 1.46. The fourth-order valence-electron chi connectivity index (χ4n) is 3.98. The van der Waals surface area contributed by atoms with Crippen molar-refractivity contribution in [3.63, 3.8) is 0 Å². The van der Waals surface area contributed by atoms with Crippen molar-refractivity contribution < 1.29 is 43.7 Å². The quantitative estimate of drug-likeness (QED) is 0.364. The van der Waals surface area contributed by atoms with Crippen LogP contribution in [0.2, 0.25) is 0 Å². The monoisotopic (exact) mass is 484 g/mol. The van der Waals surface area contributed by atoms with Gasteiger partial charge in [-0.3, -0.25) is 4.18 Å². The lowest BCUT2D eigenvalue weighted by Gasteiger charge is -2.31. The summed E-state index contributed by atoms with van der Waals surface area (Å²) in [5.74, 6) is -1.90. The molecule has 0 aromatic heterocycles. The van der Waals surface area contributed by atoms with Gasteiger partial charge in [-0.2, -0.15) is 34.8 Å². The van der Waals surface area contributed by atoms with E-state index < -0.39 is 51.9 Å². The highest BCUT2D eigenvalue weighted by molar-refractivity contribution is 7.86. The highest BCUT2D eigenvalue weighted by Crippen LogP contribution is 2.44. The second kappa shape index (κ2) is 8.74. The molecule has 1 aliphatic rings. The maximum absolute atomic E-state index is 13.9. The molecule has 0 aliphatic heterocycles. The second-order valence-electron chi connectivity index (χ2n) is 7.99. The SMILES string of the molecule is CC(OS(C)(=O)=O)c1ccc2c(C(F)(F)F)c(O[C@H]3CC[C@@H](C(F)(F)F)CC3)ccc2c1. The van der Waals surface area contributed by atoms with Gasteiger partial charge in [-0.1, -0.05) is 18.2 Å². The van der Waals surface area contributed by atoms with E-state index in [0.29, 0.717) is 5.56 Å². The van der Waals surface area contributed by atoms with Gasteiger partial charge < -0.3 is 4.74 Å². The highest BCUT2D eigenvalue weighted by atomic mass is 32.2. The number of hydrogen-bond donors (Lipinski definition) is 0. The van der Waals surface area contributed by atoms with Gasteiger partial charge in [-0.05, 0) is 61.1 Å². The summed E-state index contributed by atoms with van der Waals surface area (Å²) in [5, 5.41) is 0.0428. The average molecular weight is 484 g/mol. The Bertz CT molecular complexity index is 1070. The summed E-state index contributed by atoms with van der Waals surface area (Å²) in [4.78, 5) is 0. The summed E-state index contributed by atoms with van der Waals surface area (Å²) in [5.41, 5.74) is -0.647. The Kier molecular flexibility index (Phi) is 6.72. The van der Waals surface area contributed by atoms with Crippen LogP contribution in [0.1, 0.15) is 49.8 Å². The molecule has 0 amide bonds. The van der Waals surface area contributed by atoms with Crippen molar-refractivity contribution in [3.05, 3.63) is 41.5 Å². The molecular formula is C21H22F6O4S. The lowest BCUT2D eigenvalue weighted by Crippen LogP contribution is -2.32. The van der Waals surface area contributed by atoms with E-state index in [1.807, 2.05) is 0 Å². The van der Waals surface area contributed by atoms with E-state index >= 15 is 0 Å². The number of halogens is 6. The zero-order valence-corrected chi connectivity index (χ0v) is 18.1. The van der Waals surface area contributed by atoms with Gasteiger partial charge in [0.15, 0.2) is 0 Å². The first-order valence-electron chi connectivity index (χ1n) is 9.90. The molecule has 0 bridgehead atoms. The van der Waals surface area contributed by atoms with Gasteiger partial charge in [0.2, 0.25) is 0 Å². The van der Waals surface area contributed by atoms with E-state index in [-0.39, 0.29) is 36.5 Å². The minimum Gasteiger partial charge on any atom is -0.490 e. The van der Waals surface area contributed by atoms with E-state index in [9.17, 15) is 34.8 Å². The first-order valence-corrected chi connectivity index (χ1v) is 11.7. The Hall–Kier alpha value is -2.01. The molecule has 1 fully saturated rings. The van der Waals surface area contributed by atoms with Crippen LogP contribution in [0.3, 0.4) is 0 Å². The van der Waals surface area contributed by atoms with Crippen LogP contribution in [0.5, 0.6) is 5.75 Å². The molecule has 0 spiro atoms. The summed E-state index contributed by atoms with van der Waals surface area (Å²) < 4.78 is 113. The zero-order chi connectivity index (χ0) is 23.9. The Labute approximate surface area is 181 Å². The Morgan fingerprint density at radius 1 is 0.969 bits per heavy atom. The molecule has 0 radical (unpaired) electrons. The lowest BCUT2D eigenvalue weighted by atomic mass is 9.87. The van der Waals surface area contributed by atoms with Crippen LogP contribution in [0.4, 0.5) is 26.3 Å². The van der Waals surface area contributed by atoms with Crippen molar-refractivity contribution in [2.24, 2.45) is 5.92 Å².